The molecule has 1 aliphatic rings. The van der Waals surface area contributed by atoms with Crippen molar-refractivity contribution < 1.29 is 23.6 Å². The van der Waals surface area contributed by atoms with Crippen molar-refractivity contribution in [1.29, 1.82) is 0 Å². The average Bonchev–Trinajstić information content (AvgIpc) is 3.26. The summed E-state index contributed by atoms with van der Waals surface area (Å²) in [7, 11) is 0. The van der Waals surface area contributed by atoms with Crippen molar-refractivity contribution in [2.24, 2.45) is 5.92 Å². The second-order valence-corrected chi connectivity index (χ2v) is 8.36. The third-order valence-electron chi connectivity index (χ3n) is 5.68. The van der Waals surface area contributed by atoms with Crippen LogP contribution in [0.25, 0.3) is 0 Å². The van der Waals surface area contributed by atoms with Crippen molar-refractivity contribution in [3.8, 4) is 5.75 Å². The molecule has 1 fully saturated rings. The molecule has 1 aromatic heterocycles. The molecular formula is C23H33FN4O4. The molecule has 176 valence electrons. The van der Waals surface area contributed by atoms with E-state index >= 15 is 0 Å². The molecule has 32 heavy (non-hydrogen) atoms. The number of nitrogens with one attached hydrogen (secondary N) is 1. The van der Waals surface area contributed by atoms with Crippen LogP contribution in [0.1, 0.15) is 62.2 Å². The number of carbonyl (C=O) groups is 1. The van der Waals surface area contributed by atoms with Gasteiger partial charge in [-0.15, -0.1) is 0 Å². The summed E-state index contributed by atoms with van der Waals surface area (Å²) in [5, 5.41) is 15.6. The highest BCUT2D eigenvalue weighted by Gasteiger charge is 2.22. The van der Waals surface area contributed by atoms with Gasteiger partial charge in [-0.2, -0.15) is 4.98 Å². The summed E-state index contributed by atoms with van der Waals surface area (Å²) in [5.41, 5.74) is -0.0622. The lowest BCUT2D eigenvalue weighted by Crippen LogP contribution is -2.35. The number of aliphatic hydroxyl groups is 1. The summed E-state index contributed by atoms with van der Waals surface area (Å²) >= 11 is 0. The Morgan fingerprint density at radius 2 is 2.19 bits per heavy atom. The summed E-state index contributed by atoms with van der Waals surface area (Å²) < 4.78 is 25.2. The van der Waals surface area contributed by atoms with Gasteiger partial charge in [-0.1, -0.05) is 6.92 Å². The number of aliphatic hydroxyl groups excluding tert-OH is 1. The molecule has 1 aliphatic heterocycles. The number of nitrogens with zero attached hydrogens (tertiary/aromatic N) is 3. The molecule has 2 aromatic rings. The third kappa shape index (κ3) is 6.66. The van der Waals surface area contributed by atoms with E-state index in [-0.39, 0.29) is 12.2 Å². The zero-order chi connectivity index (χ0) is 22.9. The highest BCUT2D eigenvalue weighted by molar-refractivity contribution is 5.94. The summed E-state index contributed by atoms with van der Waals surface area (Å²) in [6, 6.07) is 3.80. The number of anilines is 1. The lowest BCUT2D eigenvalue weighted by Gasteiger charge is -2.30. The first-order chi connectivity index (χ1) is 15.5. The molecule has 0 saturated carbocycles. The smallest absolute Gasteiger partial charge is 0.266 e. The second kappa shape index (κ2) is 11.8. The van der Waals surface area contributed by atoms with Gasteiger partial charge in [0.2, 0.25) is 5.89 Å². The SMILES string of the molecule is CCCc1nc(N2CCC(CCCOc3ccc(C(=O)NC(C)CO)c(F)c3)CC2)no1. The Labute approximate surface area is 188 Å². The number of piperidine rings is 1. The van der Waals surface area contributed by atoms with Crippen molar-refractivity contribution in [1.82, 2.24) is 15.5 Å². The van der Waals surface area contributed by atoms with E-state index in [2.05, 4.69) is 27.3 Å². The van der Waals surface area contributed by atoms with Crippen molar-refractivity contribution in [2.45, 2.75) is 58.4 Å². The lowest BCUT2D eigenvalue weighted by atomic mass is 9.92. The Morgan fingerprint density at radius 3 is 2.88 bits per heavy atom. The molecule has 9 heteroatoms. The molecule has 2 heterocycles. The minimum absolute atomic E-state index is 0.0622. The fourth-order valence-corrected chi connectivity index (χ4v) is 3.79. The summed E-state index contributed by atoms with van der Waals surface area (Å²) in [6.45, 7) is 5.86. The van der Waals surface area contributed by atoms with Gasteiger partial charge in [-0.05, 0) is 62.2 Å². The first-order valence-electron chi connectivity index (χ1n) is 11.4. The van der Waals surface area contributed by atoms with E-state index in [0.717, 1.165) is 51.6 Å². The number of benzene rings is 1. The van der Waals surface area contributed by atoms with E-state index in [4.69, 9.17) is 14.4 Å². The maximum Gasteiger partial charge on any atom is 0.266 e. The van der Waals surface area contributed by atoms with Gasteiger partial charge in [-0.25, -0.2) is 4.39 Å². The molecule has 1 aromatic carbocycles. The molecule has 8 nitrogen and oxygen atoms in total. The molecule has 1 amide bonds. The summed E-state index contributed by atoms with van der Waals surface area (Å²) in [6.07, 6.45) is 5.87. The van der Waals surface area contributed by atoms with Gasteiger partial charge in [-0.3, -0.25) is 4.79 Å². The zero-order valence-corrected chi connectivity index (χ0v) is 18.8. The van der Waals surface area contributed by atoms with E-state index < -0.39 is 17.8 Å². The minimum Gasteiger partial charge on any atom is -0.493 e. The van der Waals surface area contributed by atoms with Crippen LogP contribution in [0.4, 0.5) is 10.3 Å². The number of halogens is 1. The predicted octanol–water partition coefficient (Wildman–Crippen LogP) is 3.35. The first-order valence-corrected chi connectivity index (χ1v) is 11.4. The van der Waals surface area contributed by atoms with Gasteiger partial charge < -0.3 is 24.6 Å². The van der Waals surface area contributed by atoms with Crippen LogP contribution in [-0.2, 0) is 6.42 Å². The van der Waals surface area contributed by atoms with Gasteiger partial charge >= 0.3 is 0 Å². The number of aromatic nitrogens is 2. The van der Waals surface area contributed by atoms with Crippen LogP contribution in [0.2, 0.25) is 0 Å². The topological polar surface area (TPSA) is 101 Å². The van der Waals surface area contributed by atoms with Gasteiger partial charge in [0.05, 0.1) is 18.8 Å². The normalized spacial score (nSPS) is 15.6. The summed E-state index contributed by atoms with van der Waals surface area (Å²) in [4.78, 5) is 18.6. The molecule has 1 saturated heterocycles. The number of hydrogen-bond acceptors (Lipinski definition) is 7. The number of amides is 1. The largest absolute Gasteiger partial charge is 0.493 e. The molecule has 2 N–H and O–H groups in total. The van der Waals surface area contributed by atoms with Crippen LogP contribution in [-0.4, -0.2) is 53.5 Å². The number of ether oxygens (including phenoxy) is 1. The van der Waals surface area contributed by atoms with E-state index in [1.807, 2.05) is 0 Å². The number of carbonyl (C=O) groups excluding carboxylic acids is 1. The maximum absolute atomic E-state index is 14.3. The Morgan fingerprint density at radius 1 is 1.41 bits per heavy atom. The molecule has 1 atom stereocenters. The van der Waals surface area contributed by atoms with Crippen molar-refractivity contribution in [3.63, 3.8) is 0 Å². The van der Waals surface area contributed by atoms with Crippen LogP contribution in [0.3, 0.4) is 0 Å². The Hall–Kier alpha value is -2.68. The van der Waals surface area contributed by atoms with Gasteiger partial charge in [0.25, 0.3) is 11.9 Å². The Balaban J connectivity index is 1.36. The standard InChI is InChI=1S/C23H33FN4O4/c1-3-5-21-26-23(27-32-21)28-11-9-17(10-12-28)6-4-13-31-18-7-8-19(20(24)14-18)22(30)25-16(2)15-29/h7-8,14,16-17,29H,3-6,9-13,15H2,1-2H3,(H,25,30). The van der Waals surface area contributed by atoms with E-state index in [1.165, 1.54) is 12.1 Å². The van der Waals surface area contributed by atoms with Crippen LogP contribution in [0.5, 0.6) is 5.75 Å². The lowest BCUT2D eigenvalue weighted by molar-refractivity contribution is 0.0918. The van der Waals surface area contributed by atoms with Crippen molar-refractivity contribution >= 4 is 11.9 Å². The molecular weight excluding hydrogens is 415 g/mol. The quantitative estimate of drug-likeness (QED) is 0.509. The van der Waals surface area contributed by atoms with Gasteiger partial charge in [0, 0.05) is 31.6 Å². The van der Waals surface area contributed by atoms with Crippen molar-refractivity contribution in [3.05, 3.63) is 35.5 Å². The Kier molecular flexibility index (Phi) is 8.84. The fourth-order valence-electron chi connectivity index (χ4n) is 3.79. The number of rotatable bonds is 11. The van der Waals surface area contributed by atoms with Crippen molar-refractivity contribution in [2.75, 3.05) is 31.2 Å². The number of hydrogen-bond donors (Lipinski definition) is 2. The second-order valence-electron chi connectivity index (χ2n) is 8.36. The molecule has 0 bridgehead atoms. The molecule has 0 aliphatic carbocycles. The summed E-state index contributed by atoms with van der Waals surface area (Å²) in [5.74, 6) is 1.23. The fraction of sp³-hybridized carbons (Fsp3) is 0.609. The number of aryl methyl sites for hydroxylation is 1. The highest BCUT2D eigenvalue weighted by Crippen LogP contribution is 2.25. The Bertz CT molecular complexity index is 867. The molecule has 3 rings (SSSR count). The molecule has 0 radical (unpaired) electrons. The minimum atomic E-state index is -0.638. The van der Waals surface area contributed by atoms with E-state index in [1.54, 1.807) is 13.0 Å². The monoisotopic (exact) mass is 448 g/mol. The van der Waals surface area contributed by atoms with Gasteiger partial charge in [0.15, 0.2) is 0 Å². The first kappa shape index (κ1) is 24.0. The van der Waals surface area contributed by atoms with Crippen LogP contribution < -0.4 is 15.0 Å². The average molecular weight is 449 g/mol. The van der Waals surface area contributed by atoms with Crippen LogP contribution in [0.15, 0.2) is 22.7 Å². The van der Waals surface area contributed by atoms with Crippen LogP contribution in [0, 0.1) is 11.7 Å². The third-order valence-corrected chi connectivity index (χ3v) is 5.68. The zero-order valence-electron chi connectivity index (χ0n) is 18.8. The van der Waals surface area contributed by atoms with E-state index in [0.29, 0.717) is 30.1 Å². The predicted molar refractivity (Wildman–Crippen MR) is 118 cm³/mol. The maximum atomic E-state index is 14.3. The van der Waals surface area contributed by atoms with E-state index in [9.17, 15) is 9.18 Å². The van der Waals surface area contributed by atoms with Gasteiger partial charge in [0.1, 0.15) is 11.6 Å². The highest BCUT2D eigenvalue weighted by atomic mass is 19.1. The molecule has 1 unspecified atom stereocenters. The van der Waals surface area contributed by atoms with Crippen LogP contribution >= 0.6 is 0 Å². The molecule has 0 spiro atoms.